The molecule has 2 saturated heterocycles. The van der Waals surface area contributed by atoms with Crippen LogP contribution < -0.4 is 5.32 Å². The molecule has 0 atom stereocenters. The number of aryl methyl sites for hydroxylation is 1. The predicted molar refractivity (Wildman–Crippen MR) is 88.0 cm³/mol. The van der Waals surface area contributed by atoms with Crippen molar-refractivity contribution in [1.82, 2.24) is 24.9 Å². The summed E-state index contributed by atoms with van der Waals surface area (Å²) in [6.45, 7) is 9.45. The molecule has 6 nitrogen and oxygen atoms in total. The molecule has 0 spiro atoms. The highest BCUT2D eigenvalue weighted by Crippen LogP contribution is 2.13. The van der Waals surface area contributed by atoms with Crippen LogP contribution in [0.2, 0.25) is 0 Å². The van der Waals surface area contributed by atoms with Crippen LogP contribution in [-0.2, 0) is 17.9 Å². The van der Waals surface area contributed by atoms with Gasteiger partial charge in [-0.05, 0) is 13.3 Å². The summed E-state index contributed by atoms with van der Waals surface area (Å²) >= 11 is 0. The normalized spacial score (nSPS) is 20.1. The van der Waals surface area contributed by atoms with Crippen molar-refractivity contribution in [2.24, 2.45) is 5.92 Å². The number of carbonyl (C=O) groups is 1. The monoisotopic (exact) mass is 327 g/mol. The van der Waals surface area contributed by atoms with Gasteiger partial charge in [-0.15, -0.1) is 12.4 Å². The lowest BCUT2D eigenvalue weighted by Crippen LogP contribution is -2.52. The maximum absolute atomic E-state index is 12.3. The van der Waals surface area contributed by atoms with E-state index in [0.717, 1.165) is 58.8 Å². The van der Waals surface area contributed by atoms with E-state index in [1.165, 1.54) is 5.56 Å². The van der Waals surface area contributed by atoms with Crippen molar-refractivity contribution in [2.75, 3.05) is 39.3 Å². The van der Waals surface area contributed by atoms with Gasteiger partial charge in [0, 0.05) is 64.1 Å². The van der Waals surface area contributed by atoms with Crippen LogP contribution >= 0.6 is 12.4 Å². The van der Waals surface area contributed by atoms with E-state index in [2.05, 4.69) is 33.3 Å². The summed E-state index contributed by atoms with van der Waals surface area (Å²) in [5.74, 6) is 0.564. The number of carbonyl (C=O) groups excluding carboxylic acids is 1. The Balaban J connectivity index is 0.00000176. The lowest BCUT2D eigenvalue weighted by molar-refractivity contribution is -0.136. The van der Waals surface area contributed by atoms with Gasteiger partial charge in [0.05, 0.1) is 12.1 Å². The molecule has 1 aromatic rings. The minimum absolute atomic E-state index is 0. The summed E-state index contributed by atoms with van der Waals surface area (Å²) in [5, 5.41) is 7.51. The third-order valence-electron chi connectivity index (χ3n) is 4.45. The molecule has 1 aromatic heterocycles. The fourth-order valence-corrected chi connectivity index (χ4v) is 2.99. The fraction of sp³-hybridized carbons (Fsp3) is 0.733. The molecule has 2 aliphatic rings. The summed E-state index contributed by atoms with van der Waals surface area (Å²) < 4.78 is 1.96. The van der Waals surface area contributed by atoms with Gasteiger partial charge in [0.2, 0.25) is 5.91 Å². The molecule has 2 fully saturated rings. The van der Waals surface area contributed by atoms with E-state index in [-0.39, 0.29) is 18.3 Å². The van der Waals surface area contributed by atoms with Crippen LogP contribution in [0.25, 0.3) is 0 Å². The van der Waals surface area contributed by atoms with Gasteiger partial charge < -0.3 is 10.2 Å². The molecule has 7 heteroatoms. The van der Waals surface area contributed by atoms with Gasteiger partial charge in [-0.1, -0.05) is 0 Å². The molecule has 2 aliphatic heterocycles. The van der Waals surface area contributed by atoms with Crippen molar-refractivity contribution < 1.29 is 4.79 Å². The summed E-state index contributed by atoms with van der Waals surface area (Å²) in [6, 6.07) is 0. The molecular weight excluding hydrogens is 302 g/mol. The molecule has 0 bridgehead atoms. The Labute approximate surface area is 138 Å². The zero-order valence-electron chi connectivity index (χ0n) is 13.2. The molecule has 3 heterocycles. The highest BCUT2D eigenvalue weighted by molar-refractivity contribution is 5.85. The number of aromatic nitrogens is 2. The summed E-state index contributed by atoms with van der Waals surface area (Å²) in [7, 11) is 0. The second-order valence-corrected chi connectivity index (χ2v) is 6.01. The molecule has 0 unspecified atom stereocenters. The van der Waals surface area contributed by atoms with Crippen LogP contribution in [0.1, 0.15) is 18.9 Å². The van der Waals surface area contributed by atoms with E-state index in [1.54, 1.807) is 0 Å². The second-order valence-electron chi connectivity index (χ2n) is 6.01. The Morgan fingerprint density at radius 1 is 1.32 bits per heavy atom. The molecule has 0 saturated carbocycles. The lowest BCUT2D eigenvalue weighted by atomic mass is 10.0. The van der Waals surface area contributed by atoms with Crippen molar-refractivity contribution in [2.45, 2.75) is 26.4 Å². The van der Waals surface area contributed by atoms with Gasteiger partial charge in [-0.3, -0.25) is 14.4 Å². The van der Waals surface area contributed by atoms with Crippen molar-refractivity contribution in [3.8, 4) is 0 Å². The lowest BCUT2D eigenvalue weighted by Gasteiger charge is -2.31. The van der Waals surface area contributed by atoms with E-state index in [1.807, 2.05) is 10.9 Å². The molecule has 3 rings (SSSR count). The number of amides is 1. The molecule has 0 aliphatic carbocycles. The van der Waals surface area contributed by atoms with Gasteiger partial charge in [0.1, 0.15) is 0 Å². The summed E-state index contributed by atoms with van der Waals surface area (Å²) in [6.07, 6.45) is 5.14. The first kappa shape index (κ1) is 17.2. The topological polar surface area (TPSA) is 53.4 Å². The smallest absolute Gasteiger partial charge is 0.228 e. The zero-order valence-corrected chi connectivity index (χ0v) is 14.0. The second kappa shape index (κ2) is 7.94. The van der Waals surface area contributed by atoms with Crippen LogP contribution in [0.5, 0.6) is 0 Å². The minimum atomic E-state index is 0. The standard InChI is InChI=1S/C15H25N5O.ClH/c1-2-20-12-13(8-17-20)11-18-4-3-5-19(7-6-18)15(21)14-9-16-10-14;/h8,12,14,16H,2-7,9-11H2,1H3;1H. The van der Waals surface area contributed by atoms with Gasteiger partial charge >= 0.3 is 0 Å². The number of rotatable bonds is 4. The largest absolute Gasteiger partial charge is 0.341 e. The number of halogens is 1. The van der Waals surface area contributed by atoms with Gasteiger partial charge in [0.15, 0.2) is 0 Å². The predicted octanol–water partition coefficient (Wildman–Crippen LogP) is 0.579. The maximum atomic E-state index is 12.3. The van der Waals surface area contributed by atoms with Gasteiger partial charge in [-0.25, -0.2) is 0 Å². The number of hydrogen-bond donors (Lipinski definition) is 1. The summed E-state index contributed by atoms with van der Waals surface area (Å²) in [5.41, 5.74) is 1.26. The Morgan fingerprint density at radius 3 is 2.77 bits per heavy atom. The molecule has 0 aromatic carbocycles. The van der Waals surface area contributed by atoms with Crippen molar-refractivity contribution in [1.29, 1.82) is 0 Å². The maximum Gasteiger partial charge on any atom is 0.228 e. The Kier molecular flexibility index (Phi) is 6.23. The van der Waals surface area contributed by atoms with E-state index >= 15 is 0 Å². The average molecular weight is 328 g/mol. The quantitative estimate of drug-likeness (QED) is 0.879. The average Bonchev–Trinajstić information content (AvgIpc) is 2.74. The Hall–Kier alpha value is -1.11. The third-order valence-corrected chi connectivity index (χ3v) is 4.45. The number of hydrogen-bond acceptors (Lipinski definition) is 4. The molecule has 1 N–H and O–H groups in total. The Morgan fingerprint density at radius 2 is 2.14 bits per heavy atom. The molecular formula is C15H26ClN5O. The van der Waals surface area contributed by atoms with Crippen LogP contribution in [0.15, 0.2) is 12.4 Å². The fourth-order valence-electron chi connectivity index (χ4n) is 2.99. The molecule has 22 heavy (non-hydrogen) atoms. The molecule has 1 amide bonds. The first-order valence-electron chi connectivity index (χ1n) is 7.99. The van der Waals surface area contributed by atoms with E-state index in [9.17, 15) is 4.79 Å². The highest BCUT2D eigenvalue weighted by atomic mass is 35.5. The summed E-state index contributed by atoms with van der Waals surface area (Å²) in [4.78, 5) is 16.8. The first-order chi connectivity index (χ1) is 10.3. The SMILES string of the molecule is CCn1cc(CN2CCCN(C(=O)C3CNC3)CC2)cn1.Cl. The number of nitrogens with one attached hydrogen (secondary N) is 1. The van der Waals surface area contributed by atoms with Gasteiger partial charge in [0.25, 0.3) is 0 Å². The van der Waals surface area contributed by atoms with E-state index in [0.29, 0.717) is 5.91 Å². The molecule has 124 valence electrons. The van der Waals surface area contributed by atoms with Gasteiger partial charge in [-0.2, -0.15) is 5.10 Å². The van der Waals surface area contributed by atoms with Crippen LogP contribution in [0, 0.1) is 5.92 Å². The van der Waals surface area contributed by atoms with Crippen molar-refractivity contribution >= 4 is 18.3 Å². The van der Waals surface area contributed by atoms with Crippen molar-refractivity contribution in [3.05, 3.63) is 18.0 Å². The van der Waals surface area contributed by atoms with E-state index < -0.39 is 0 Å². The third kappa shape index (κ3) is 4.00. The first-order valence-corrected chi connectivity index (χ1v) is 7.99. The van der Waals surface area contributed by atoms with Crippen LogP contribution in [0.3, 0.4) is 0 Å². The number of nitrogens with zero attached hydrogens (tertiary/aromatic N) is 4. The Bertz CT molecular complexity index is 488. The van der Waals surface area contributed by atoms with Crippen LogP contribution in [0.4, 0.5) is 0 Å². The van der Waals surface area contributed by atoms with E-state index in [4.69, 9.17) is 0 Å². The van der Waals surface area contributed by atoms with Crippen molar-refractivity contribution in [3.63, 3.8) is 0 Å². The van der Waals surface area contributed by atoms with Crippen LogP contribution in [-0.4, -0.2) is 64.8 Å². The zero-order chi connectivity index (χ0) is 14.7. The molecule has 0 radical (unpaired) electrons. The minimum Gasteiger partial charge on any atom is -0.341 e. The highest BCUT2D eigenvalue weighted by Gasteiger charge is 2.30.